The Bertz CT molecular complexity index is 742. The van der Waals surface area contributed by atoms with E-state index < -0.39 is 17.5 Å². The van der Waals surface area contributed by atoms with Gasteiger partial charge in [0.05, 0.1) is 0 Å². The van der Waals surface area contributed by atoms with E-state index in [1.165, 1.54) is 6.92 Å². The third-order valence-corrected chi connectivity index (χ3v) is 4.49. The summed E-state index contributed by atoms with van der Waals surface area (Å²) < 4.78 is 0. The molecule has 8 nitrogen and oxygen atoms in total. The maximum Gasteiger partial charge on any atom is 0.325 e. The highest BCUT2D eigenvalue weighted by molar-refractivity contribution is 6.10. The molecule has 0 spiro atoms. The van der Waals surface area contributed by atoms with Crippen LogP contribution in [0, 0.1) is 5.92 Å². The van der Waals surface area contributed by atoms with Gasteiger partial charge in [-0.05, 0) is 49.9 Å². The van der Waals surface area contributed by atoms with Gasteiger partial charge in [0.1, 0.15) is 12.1 Å². The molecule has 132 valence electrons. The van der Waals surface area contributed by atoms with E-state index in [1.54, 1.807) is 31.2 Å². The summed E-state index contributed by atoms with van der Waals surface area (Å²) in [6.45, 7) is 2.78. The molecule has 25 heavy (non-hydrogen) atoms. The van der Waals surface area contributed by atoms with E-state index in [4.69, 9.17) is 0 Å². The van der Waals surface area contributed by atoms with E-state index in [1.807, 2.05) is 0 Å². The van der Waals surface area contributed by atoms with Gasteiger partial charge >= 0.3 is 6.03 Å². The van der Waals surface area contributed by atoms with Crippen molar-refractivity contribution >= 4 is 35.1 Å². The van der Waals surface area contributed by atoms with Crippen LogP contribution in [0.4, 0.5) is 16.2 Å². The smallest absolute Gasteiger partial charge is 0.325 e. The van der Waals surface area contributed by atoms with Crippen molar-refractivity contribution in [3.8, 4) is 0 Å². The first-order valence-electron chi connectivity index (χ1n) is 8.11. The van der Waals surface area contributed by atoms with E-state index in [0.29, 0.717) is 11.4 Å². The Kier molecular flexibility index (Phi) is 4.20. The zero-order valence-electron chi connectivity index (χ0n) is 14.1. The minimum Gasteiger partial charge on any atom is -0.326 e. The summed E-state index contributed by atoms with van der Waals surface area (Å²) in [5.74, 6) is -0.848. The highest BCUT2D eigenvalue weighted by atomic mass is 16.2. The molecule has 1 saturated carbocycles. The Hall–Kier alpha value is -2.90. The molecular formula is C17H20N4O4. The van der Waals surface area contributed by atoms with Crippen LogP contribution < -0.4 is 16.0 Å². The molecule has 5 amide bonds. The lowest BCUT2D eigenvalue weighted by atomic mass is 9.96. The minimum absolute atomic E-state index is 0.151. The Morgan fingerprint density at radius 1 is 1.16 bits per heavy atom. The summed E-state index contributed by atoms with van der Waals surface area (Å²) in [5.41, 5.74) is 0.230. The van der Waals surface area contributed by atoms with Crippen molar-refractivity contribution < 1.29 is 19.2 Å². The van der Waals surface area contributed by atoms with Crippen molar-refractivity contribution in [1.82, 2.24) is 10.2 Å². The topological polar surface area (TPSA) is 108 Å². The molecule has 1 unspecified atom stereocenters. The van der Waals surface area contributed by atoms with Gasteiger partial charge in [-0.15, -0.1) is 0 Å². The van der Waals surface area contributed by atoms with Crippen molar-refractivity contribution in [3.05, 3.63) is 24.3 Å². The summed E-state index contributed by atoms with van der Waals surface area (Å²) >= 11 is 0. The summed E-state index contributed by atoms with van der Waals surface area (Å²) in [5, 5.41) is 7.96. The Balaban J connectivity index is 1.60. The number of benzene rings is 1. The van der Waals surface area contributed by atoms with Gasteiger partial charge in [-0.2, -0.15) is 0 Å². The molecule has 8 heteroatoms. The lowest BCUT2D eigenvalue weighted by Gasteiger charge is -2.20. The molecule has 1 heterocycles. The van der Waals surface area contributed by atoms with Crippen LogP contribution in [0.5, 0.6) is 0 Å². The van der Waals surface area contributed by atoms with Gasteiger partial charge in [0, 0.05) is 18.3 Å². The predicted octanol–water partition coefficient (Wildman–Crippen LogP) is 1.30. The Morgan fingerprint density at radius 3 is 2.24 bits per heavy atom. The number of hydrogen-bond donors (Lipinski definition) is 3. The van der Waals surface area contributed by atoms with E-state index >= 15 is 0 Å². The molecule has 1 aliphatic carbocycles. The first-order chi connectivity index (χ1) is 11.8. The van der Waals surface area contributed by atoms with E-state index in [2.05, 4.69) is 16.0 Å². The van der Waals surface area contributed by atoms with Crippen LogP contribution in [0.3, 0.4) is 0 Å². The Labute approximate surface area is 144 Å². The van der Waals surface area contributed by atoms with Crippen LogP contribution in [-0.2, 0) is 14.4 Å². The van der Waals surface area contributed by atoms with Crippen molar-refractivity contribution in [1.29, 1.82) is 0 Å². The molecule has 1 atom stereocenters. The molecule has 3 N–H and O–H groups in total. The van der Waals surface area contributed by atoms with Crippen molar-refractivity contribution in [2.24, 2.45) is 5.92 Å². The average Bonchev–Trinajstić information content (AvgIpc) is 3.35. The van der Waals surface area contributed by atoms with Crippen LogP contribution >= 0.6 is 0 Å². The van der Waals surface area contributed by atoms with E-state index in [-0.39, 0.29) is 24.3 Å². The highest BCUT2D eigenvalue weighted by Crippen LogP contribution is 2.42. The zero-order chi connectivity index (χ0) is 18.2. The number of urea groups is 1. The van der Waals surface area contributed by atoms with Crippen molar-refractivity contribution in [2.75, 3.05) is 17.2 Å². The number of carbonyl (C=O) groups excluding carboxylic acids is 4. The second kappa shape index (κ2) is 6.19. The monoisotopic (exact) mass is 344 g/mol. The summed E-state index contributed by atoms with van der Waals surface area (Å²) in [4.78, 5) is 48.6. The van der Waals surface area contributed by atoms with Crippen LogP contribution in [0.15, 0.2) is 24.3 Å². The minimum atomic E-state index is -0.891. The summed E-state index contributed by atoms with van der Waals surface area (Å²) in [7, 11) is 0. The maximum absolute atomic E-state index is 12.5. The lowest BCUT2D eigenvalue weighted by molar-refractivity contribution is -0.134. The van der Waals surface area contributed by atoms with Gasteiger partial charge in [-0.1, -0.05) is 0 Å². The third-order valence-electron chi connectivity index (χ3n) is 4.49. The average molecular weight is 344 g/mol. The van der Waals surface area contributed by atoms with Crippen molar-refractivity contribution in [3.63, 3.8) is 0 Å². The molecule has 2 fully saturated rings. The highest BCUT2D eigenvalue weighted by Gasteiger charge is 2.56. The zero-order valence-corrected chi connectivity index (χ0v) is 14.1. The molecule has 1 saturated heterocycles. The van der Waals surface area contributed by atoms with E-state index in [0.717, 1.165) is 17.7 Å². The van der Waals surface area contributed by atoms with Crippen LogP contribution in [0.25, 0.3) is 0 Å². The molecule has 3 rings (SSSR count). The fourth-order valence-electron chi connectivity index (χ4n) is 2.98. The standard InChI is InChI=1S/C17H20N4O4/c1-10(22)18-12-5-7-13(8-6-12)19-14(23)9-21-15(24)17(2,11-3-4-11)20-16(21)25/h5-8,11H,3-4,9H2,1-2H3,(H,18,22)(H,19,23)(H,20,25). The predicted molar refractivity (Wildman–Crippen MR) is 90.7 cm³/mol. The first-order valence-corrected chi connectivity index (χ1v) is 8.11. The summed E-state index contributed by atoms with van der Waals surface area (Å²) in [6.07, 6.45) is 1.81. The normalized spacial score (nSPS) is 22.6. The number of amides is 5. The number of rotatable bonds is 5. The number of imide groups is 1. The molecule has 1 aromatic rings. The van der Waals surface area contributed by atoms with Crippen LogP contribution in [-0.4, -0.2) is 40.7 Å². The molecule has 1 aromatic carbocycles. The number of anilines is 2. The van der Waals surface area contributed by atoms with Gasteiger partial charge < -0.3 is 16.0 Å². The quantitative estimate of drug-likeness (QED) is 0.700. The van der Waals surface area contributed by atoms with Gasteiger partial charge in [-0.25, -0.2) is 4.79 Å². The van der Waals surface area contributed by atoms with Crippen LogP contribution in [0.1, 0.15) is 26.7 Å². The fraction of sp³-hybridized carbons (Fsp3) is 0.412. The molecule has 1 aliphatic heterocycles. The second-order valence-electron chi connectivity index (χ2n) is 6.60. The third kappa shape index (κ3) is 3.47. The molecular weight excluding hydrogens is 324 g/mol. The SMILES string of the molecule is CC(=O)Nc1ccc(NC(=O)CN2C(=O)NC(C)(C3CC3)C2=O)cc1. The Morgan fingerprint density at radius 2 is 1.72 bits per heavy atom. The second-order valence-corrected chi connectivity index (χ2v) is 6.60. The molecule has 0 aromatic heterocycles. The van der Waals surface area contributed by atoms with Gasteiger partial charge in [0.15, 0.2) is 0 Å². The maximum atomic E-state index is 12.5. The number of nitrogens with one attached hydrogen (secondary N) is 3. The van der Waals surface area contributed by atoms with Gasteiger partial charge in [0.2, 0.25) is 11.8 Å². The number of nitrogens with zero attached hydrogens (tertiary/aromatic N) is 1. The van der Waals surface area contributed by atoms with Crippen molar-refractivity contribution in [2.45, 2.75) is 32.2 Å². The molecule has 2 aliphatic rings. The number of hydrogen-bond acceptors (Lipinski definition) is 4. The van der Waals surface area contributed by atoms with Gasteiger partial charge in [-0.3, -0.25) is 19.3 Å². The van der Waals surface area contributed by atoms with E-state index in [9.17, 15) is 19.2 Å². The summed E-state index contributed by atoms with van der Waals surface area (Å²) in [6, 6.07) is 6.02. The fourth-order valence-corrected chi connectivity index (χ4v) is 2.98. The largest absolute Gasteiger partial charge is 0.326 e. The van der Waals surface area contributed by atoms with Gasteiger partial charge in [0.25, 0.3) is 5.91 Å². The first kappa shape index (κ1) is 16.9. The lowest BCUT2D eigenvalue weighted by Crippen LogP contribution is -2.46. The number of carbonyl (C=O) groups is 4. The molecule has 0 bridgehead atoms. The molecule has 0 radical (unpaired) electrons. The van der Waals surface area contributed by atoms with Crippen LogP contribution in [0.2, 0.25) is 0 Å².